The fourth-order valence-corrected chi connectivity index (χ4v) is 10.7. The van der Waals surface area contributed by atoms with E-state index >= 15 is 0 Å². The van der Waals surface area contributed by atoms with Crippen LogP contribution in [0.4, 0.5) is 0 Å². The van der Waals surface area contributed by atoms with E-state index in [1.807, 2.05) is 6.07 Å². The van der Waals surface area contributed by atoms with Crippen molar-refractivity contribution in [3.8, 4) is 11.4 Å². The molecule has 4 unspecified atom stereocenters. The van der Waals surface area contributed by atoms with E-state index in [9.17, 15) is 0 Å². The molecule has 0 fully saturated rings. The van der Waals surface area contributed by atoms with Crippen molar-refractivity contribution in [2.75, 3.05) is 0 Å². The Morgan fingerprint density at radius 2 is 1.31 bits per heavy atom. The van der Waals surface area contributed by atoms with Gasteiger partial charge < -0.3 is 0 Å². The van der Waals surface area contributed by atoms with E-state index in [-0.39, 0.29) is 10.8 Å². The van der Waals surface area contributed by atoms with Crippen molar-refractivity contribution in [3.05, 3.63) is 238 Å². The second-order valence-corrected chi connectivity index (χ2v) is 17.3. The summed E-state index contributed by atoms with van der Waals surface area (Å²) < 4.78 is 0. The average molecular weight is 748 g/mol. The van der Waals surface area contributed by atoms with Crippen LogP contribution in [0.3, 0.4) is 0 Å². The number of allylic oxidation sites excluding steroid dienone is 18. The van der Waals surface area contributed by atoms with E-state index in [1.165, 1.54) is 50.1 Å². The molecule has 4 atom stereocenters. The lowest BCUT2D eigenvalue weighted by molar-refractivity contribution is 0.410. The molecule has 0 radical (unpaired) electrons. The summed E-state index contributed by atoms with van der Waals surface area (Å²) in [5.74, 6) is 2.80. The Bertz CT molecular complexity index is 2770. The van der Waals surface area contributed by atoms with Crippen LogP contribution in [0.15, 0.2) is 204 Å². The van der Waals surface area contributed by atoms with E-state index in [1.54, 1.807) is 0 Å². The molecule has 0 saturated carbocycles. The maximum absolute atomic E-state index is 5.39. The van der Waals surface area contributed by atoms with Crippen molar-refractivity contribution in [2.24, 2.45) is 22.7 Å². The van der Waals surface area contributed by atoms with E-state index in [0.29, 0.717) is 23.5 Å². The Labute approximate surface area is 341 Å². The largest absolute Gasteiger partial charge is 0.208 e. The fourth-order valence-electron chi connectivity index (χ4n) is 10.7. The van der Waals surface area contributed by atoms with Gasteiger partial charge in [-0.15, -0.1) is 0 Å². The van der Waals surface area contributed by atoms with Crippen molar-refractivity contribution in [1.29, 1.82) is 0 Å². The van der Waals surface area contributed by atoms with E-state index in [0.717, 1.165) is 35.4 Å². The summed E-state index contributed by atoms with van der Waals surface area (Å²) in [4.78, 5) is 15.9. The number of hydrogen-bond donors (Lipinski definition) is 0. The van der Waals surface area contributed by atoms with Gasteiger partial charge in [0.2, 0.25) is 0 Å². The van der Waals surface area contributed by atoms with Crippen molar-refractivity contribution >= 4 is 16.7 Å². The fraction of sp³-hybridized carbons (Fsp3) is 0.182. The van der Waals surface area contributed by atoms with Crippen LogP contribution >= 0.6 is 0 Å². The Morgan fingerprint density at radius 3 is 2.07 bits per heavy atom. The highest BCUT2D eigenvalue weighted by atomic mass is 15.0. The molecule has 0 N–H and O–H groups in total. The molecule has 3 nitrogen and oxygen atoms in total. The first-order valence-electron chi connectivity index (χ1n) is 20.7. The maximum Gasteiger partial charge on any atom is 0.164 e. The molecule has 0 saturated heterocycles. The predicted octanol–water partition coefficient (Wildman–Crippen LogP) is 12.7. The van der Waals surface area contributed by atoms with Crippen molar-refractivity contribution in [3.63, 3.8) is 0 Å². The highest BCUT2D eigenvalue weighted by Gasteiger charge is 2.50. The molecule has 58 heavy (non-hydrogen) atoms. The standard InChI is InChI=1S/C55H45N3/c1-36-31-44-42(27-30-53(2)28-16-15-24-47(44)53)45(32-36)52-57-50(37-17-7-4-8-18-37)56-51(58-52)38-26-29-54(3)35-46-43-23-13-14-25-48(43)55(39-19-9-5-10-20-39,40-21-11-6-12-22-40)49(46)34-41(54)33-38/h4-30,32-34,36,47H,31,35H2,1-3H3. The third-order valence-corrected chi connectivity index (χ3v) is 13.6. The third-order valence-electron chi connectivity index (χ3n) is 13.6. The molecule has 4 aromatic carbocycles. The molecule has 6 aliphatic carbocycles. The first-order valence-corrected chi connectivity index (χ1v) is 20.7. The molecule has 280 valence electrons. The minimum atomic E-state index is -0.443. The molecule has 11 rings (SSSR count). The highest BCUT2D eigenvalue weighted by molar-refractivity contribution is 5.91. The third kappa shape index (κ3) is 5.22. The zero-order chi connectivity index (χ0) is 39.1. The normalized spacial score (nSPS) is 25.9. The van der Waals surface area contributed by atoms with Crippen LogP contribution in [0.5, 0.6) is 0 Å². The van der Waals surface area contributed by atoms with Crippen molar-refractivity contribution in [2.45, 2.75) is 39.0 Å². The highest BCUT2D eigenvalue weighted by Crippen LogP contribution is 2.61. The summed E-state index contributed by atoms with van der Waals surface area (Å²) in [6.45, 7) is 7.05. The molecule has 0 aliphatic heterocycles. The van der Waals surface area contributed by atoms with Gasteiger partial charge in [0.25, 0.3) is 0 Å². The first kappa shape index (κ1) is 34.8. The monoisotopic (exact) mass is 747 g/mol. The van der Waals surface area contributed by atoms with Gasteiger partial charge in [0, 0.05) is 33.5 Å². The van der Waals surface area contributed by atoms with Gasteiger partial charge in [-0.3, -0.25) is 0 Å². The molecule has 1 heterocycles. The molecular weight excluding hydrogens is 703 g/mol. The van der Waals surface area contributed by atoms with E-state index in [2.05, 4.69) is 197 Å². The number of fused-ring (bicyclic) bond motifs is 5. The Kier molecular flexibility index (Phi) is 7.82. The molecule has 6 aliphatic rings. The van der Waals surface area contributed by atoms with Gasteiger partial charge in [0.15, 0.2) is 17.5 Å². The summed E-state index contributed by atoms with van der Waals surface area (Å²) in [5.41, 5.74) is 14.5. The van der Waals surface area contributed by atoms with Gasteiger partial charge in [0.1, 0.15) is 0 Å². The molecule has 0 amide bonds. The SMILES string of the molecule is CC1C=C(c2nc(C3=CC4=CC5=C(CC4(C)C=C3)c3ccccc3C5(c3ccccc3)c3ccccc3)nc(-c3ccccc3)n2)C2=C(C1)C1C=CC=CC1(C)C=C2. The van der Waals surface area contributed by atoms with Crippen molar-refractivity contribution < 1.29 is 0 Å². The number of hydrogen-bond acceptors (Lipinski definition) is 3. The first-order chi connectivity index (χ1) is 28.3. The number of rotatable bonds is 5. The molecule has 3 heteroatoms. The molecular formula is C55H45N3. The van der Waals surface area contributed by atoms with Crippen LogP contribution in [0.25, 0.3) is 28.1 Å². The molecule has 1 aromatic heterocycles. The van der Waals surface area contributed by atoms with Crippen LogP contribution < -0.4 is 0 Å². The predicted molar refractivity (Wildman–Crippen MR) is 237 cm³/mol. The lowest BCUT2D eigenvalue weighted by Gasteiger charge is -2.41. The van der Waals surface area contributed by atoms with Gasteiger partial charge in [-0.1, -0.05) is 202 Å². The quantitative estimate of drug-likeness (QED) is 0.180. The molecule has 0 bridgehead atoms. The van der Waals surface area contributed by atoms with Gasteiger partial charge in [-0.05, 0) is 69.4 Å². The zero-order valence-electron chi connectivity index (χ0n) is 33.2. The molecule has 0 spiro atoms. The van der Waals surface area contributed by atoms with Gasteiger partial charge in [-0.2, -0.15) is 0 Å². The number of benzene rings is 4. The summed E-state index contributed by atoms with van der Waals surface area (Å²) >= 11 is 0. The summed E-state index contributed by atoms with van der Waals surface area (Å²) in [7, 11) is 0. The average Bonchev–Trinajstić information content (AvgIpc) is 3.54. The van der Waals surface area contributed by atoms with Crippen LogP contribution in [0.2, 0.25) is 0 Å². The zero-order valence-corrected chi connectivity index (χ0v) is 33.2. The summed E-state index contributed by atoms with van der Waals surface area (Å²) in [6, 6.07) is 41.6. The van der Waals surface area contributed by atoms with E-state index in [4.69, 9.17) is 15.0 Å². The van der Waals surface area contributed by atoms with E-state index < -0.39 is 5.41 Å². The minimum Gasteiger partial charge on any atom is -0.208 e. The Hall–Kier alpha value is -6.45. The van der Waals surface area contributed by atoms with Gasteiger partial charge >= 0.3 is 0 Å². The summed E-state index contributed by atoms with van der Waals surface area (Å²) in [6.07, 6.45) is 27.6. The lowest BCUT2D eigenvalue weighted by atomic mass is 9.63. The Balaban J connectivity index is 1.09. The Morgan fingerprint density at radius 1 is 0.638 bits per heavy atom. The molecule has 5 aromatic rings. The lowest BCUT2D eigenvalue weighted by Crippen LogP contribution is -2.31. The summed E-state index contributed by atoms with van der Waals surface area (Å²) in [5, 5.41) is 0. The second kappa shape index (κ2) is 13.0. The number of aromatic nitrogens is 3. The van der Waals surface area contributed by atoms with Crippen LogP contribution in [-0.2, 0) is 5.41 Å². The minimum absolute atomic E-state index is 0.0259. The topological polar surface area (TPSA) is 38.7 Å². The van der Waals surface area contributed by atoms with Crippen LogP contribution in [0.1, 0.15) is 67.5 Å². The van der Waals surface area contributed by atoms with Gasteiger partial charge in [0.05, 0.1) is 5.41 Å². The van der Waals surface area contributed by atoms with Gasteiger partial charge in [-0.25, -0.2) is 15.0 Å². The number of nitrogens with zero attached hydrogens (tertiary/aromatic N) is 3. The van der Waals surface area contributed by atoms with Crippen molar-refractivity contribution in [1.82, 2.24) is 15.0 Å². The second-order valence-electron chi connectivity index (χ2n) is 17.3. The maximum atomic E-state index is 5.39. The smallest absolute Gasteiger partial charge is 0.164 e. The van der Waals surface area contributed by atoms with Crippen LogP contribution in [0, 0.1) is 22.7 Å². The van der Waals surface area contributed by atoms with Crippen LogP contribution in [-0.4, -0.2) is 15.0 Å².